The average Bonchev–Trinajstić information content (AvgIpc) is 2.77. The molecule has 2 N–H and O–H groups in total. The van der Waals surface area contributed by atoms with E-state index in [0.29, 0.717) is 29.6 Å². The number of benzene rings is 1. The molecule has 2 atom stereocenters. The summed E-state index contributed by atoms with van der Waals surface area (Å²) in [6, 6.07) is 4.80. The predicted molar refractivity (Wildman–Crippen MR) is 72.3 cm³/mol. The third-order valence-corrected chi connectivity index (χ3v) is 3.93. The fraction of sp³-hybridized carbons (Fsp3) is 0.500. The highest BCUT2D eigenvalue weighted by molar-refractivity contribution is 5.76. The molecule has 1 aliphatic rings. The molecule has 1 aromatic carbocycles. The molecule has 2 aromatic rings. The highest BCUT2D eigenvalue weighted by atomic mass is 19.4. The molecule has 0 radical (unpaired) electrons. The number of hydrogen-bond donors (Lipinski definition) is 2. The average molecular weight is 300 g/mol. The van der Waals surface area contributed by atoms with Gasteiger partial charge in [0, 0.05) is 11.7 Å². The lowest BCUT2D eigenvalue weighted by Crippen LogP contribution is -2.34. The first-order chi connectivity index (χ1) is 9.91. The maximum absolute atomic E-state index is 12.8. The van der Waals surface area contributed by atoms with Crippen molar-refractivity contribution in [2.45, 2.75) is 37.9 Å². The zero-order valence-corrected chi connectivity index (χ0v) is 11.2. The molecular formula is C14H15F3N2O2. The van der Waals surface area contributed by atoms with Crippen LogP contribution >= 0.6 is 0 Å². The van der Waals surface area contributed by atoms with Crippen LogP contribution in [0.3, 0.4) is 0 Å². The molecule has 2 unspecified atom stereocenters. The molecule has 3 rings (SSSR count). The molecule has 1 saturated carbocycles. The summed E-state index contributed by atoms with van der Waals surface area (Å²) in [5.74, 6) is -1.78. The zero-order chi connectivity index (χ0) is 15.0. The Labute approximate surface area is 118 Å². The topological polar surface area (TPSA) is 58.0 Å². The Morgan fingerprint density at radius 3 is 2.86 bits per heavy atom. The van der Waals surface area contributed by atoms with Crippen molar-refractivity contribution in [2.24, 2.45) is 5.92 Å². The lowest BCUT2D eigenvalue weighted by Gasteiger charge is -2.31. The first kappa shape index (κ1) is 14.0. The van der Waals surface area contributed by atoms with Gasteiger partial charge in [-0.2, -0.15) is 13.2 Å². The Bertz CT molecular complexity index is 689. The summed E-state index contributed by atoms with van der Waals surface area (Å²) < 4.78 is 43.2. The van der Waals surface area contributed by atoms with Crippen molar-refractivity contribution in [1.82, 2.24) is 4.98 Å². The van der Waals surface area contributed by atoms with Crippen LogP contribution in [0, 0.1) is 5.92 Å². The van der Waals surface area contributed by atoms with Gasteiger partial charge in [0.25, 0.3) is 0 Å². The van der Waals surface area contributed by atoms with E-state index in [-0.39, 0.29) is 18.9 Å². The number of H-pyrrole nitrogens is 1. The van der Waals surface area contributed by atoms with Crippen LogP contribution in [0.4, 0.5) is 18.9 Å². The summed E-state index contributed by atoms with van der Waals surface area (Å²) in [6.45, 7) is 0. The number of halogens is 3. The molecule has 0 amide bonds. The summed E-state index contributed by atoms with van der Waals surface area (Å²) in [4.78, 5) is 13.6. The molecule has 1 heterocycles. The van der Waals surface area contributed by atoms with Gasteiger partial charge in [0.2, 0.25) is 0 Å². The molecule has 0 bridgehead atoms. The van der Waals surface area contributed by atoms with E-state index < -0.39 is 17.9 Å². The lowest BCUT2D eigenvalue weighted by atomic mass is 9.85. The zero-order valence-electron chi connectivity index (χ0n) is 11.2. The minimum Gasteiger partial charge on any atom is -0.408 e. The summed E-state index contributed by atoms with van der Waals surface area (Å²) in [6.07, 6.45) is -2.56. The molecule has 4 nitrogen and oxygen atoms in total. The first-order valence-electron chi connectivity index (χ1n) is 6.88. The summed E-state index contributed by atoms with van der Waals surface area (Å²) in [7, 11) is 0. The maximum atomic E-state index is 12.8. The van der Waals surface area contributed by atoms with Crippen molar-refractivity contribution >= 4 is 16.8 Å². The fourth-order valence-corrected chi connectivity index (χ4v) is 2.90. The van der Waals surface area contributed by atoms with Gasteiger partial charge in [0.05, 0.1) is 11.4 Å². The Kier molecular flexibility index (Phi) is 3.43. The van der Waals surface area contributed by atoms with E-state index in [0.717, 1.165) is 0 Å². The minimum atomic E-state index is -4.12. The monoisotopic (exact) mass is 300 g/mol. The number of anilines is 1. The molecule has 0 spiro atoms. The van der Waals surface area contributed by atoms with Crippen LogP contribution in [0.1, 0.15) is 25.7 Å². The van der Waals surface area contributed by atoms with Crippen molar-refractivity contribution in [3.63, 3.8) is 0 Å². The van der Waals surface area contributed by atoms with Crippen LogP contribution in [-0.4, -0.2) is 17.2 Å². The molecule has 114 valence electrons. The fourth-order valence-electron chi connectivity index (χ4n) is 2.90. The molecule has 0 saturated heterocycles. The number of fused-ring (bicyclic) bond motifs is 1. The number of aromatic nitrogens is 1. The van der Waals surface area contributed by atoms with Gasteiger partial charge in [0.1, 0.15) is 0 Å². The molecule has 1 aliphatic carbocycles. The normalized spacial score (nSPS) is 23.4. The maximum Gasteiger partial charge on any atom is 0.417 e. The van der Waals surface area contributed by atoms with E-state index in [9.17, 15) is 18.0 Å². The van der Waals surface area contributed by atoms with Gasteiger partial charge in [-0.15, -0.1) is 0 Å². The van der Waals surface area contributed by atoms with Gasteiger partial charge < -0.3 is 9.73 Å². The standard InChI is InChI=1S/C14H15F3N2O2/c15-14(16,17)8-2-1-3-9(6-8)18-10-4-5-12-11(7-10)19-13(20)21-12/h4-5,7-9,18H,1-3,6H2,(H,19,20). The second-order valence-corrected chi connectivity index (χ2v) is 5.47. The van der Waals surface area contributed by atoms with Gasteiger partial charge in [-0.25, -0.2) is 4.79 Å². The smallest absolute Gasteiger partial charge is 0.408 e. The number of nitrogens with one attached hydrogen (secondary N) is 2. The van der Waals surface area contributed by atoms with Crippen molar-refractivity contribution in [3.05, 3.63) is 28.7 Å². The predicted octanol–water partition coefficient (Wildman–Crippen LogP) is 3.65. The molecule has 1 aromatic heterocycles. The van der Waals surface area contributed by atoms with Crippen LogP contribution in [0.5, 0.6) is 0 Å². The van der Waals surface area contributed by atoms with Crippen molar-refractivity contribution < 1.29 is 17.6 Å². The second-order valence-electron chi connectivity index (χ2n) is 5.47. The van der Waals surface area contributed by atoms with Gasteiger partial charge in [-0.1, -0.05) is 6.42 Å². The molecule has 21 heavy (non-hydrogen) atoms. The van der Waals surface area contributed by atoms with Crippen LogP contribution in [-0.2, 0) is 0 Å². The molecule has 7 heteroatoms. The van der Waals surface area contributed by atoms with E-state index in [1.54, 1.807) is 18.2 Å². The number of alkyl halides is 3. The summed E-state index contributed by atoms with van der Waals surface area (Å²) in [5.41, 5.74) is 1.66. The summed E-state index contributed by atoms with van der Waals surface area (Å²) in [5, 5.41) is 3.12. The SMILES string of the molecule is O=c1[nH]c2cc(NC3CCCC(C(F)(F)F)C3)ccc2o1. The Morgan fingerprint density at radius 1 is 1.29 bits per heavy atom. The lowest BCUT2D eigenvalue weighted by molar-refractivity contribution is -0.182. The van der Waals surface area contributed by atoms with Crippen molar-refractivity contribution in [3.8, 4) is 0 Å². The number of hydrogen-bond acceptors (Lipinski definition) is 3. The van der Waals surface area contributed by atoms with Gasteiger partial charge in [-0.3, -0.25) is 4.98 Å². The summed E-state index contributed by atoms with van der Waals surface area (Å²) >= 11 is 0. The van der Waals surface area contributed by atoms with E-state index in [1.807, 2.05) is 0 Å². The number of rotatable bonds is 2. The highest BCUT2D eigenvalue weighted by Gasteiger charge is 2.42. The Hall–Kier alpha value is -1.92. The van der Waals surface area contributed by atoms with Crippen molar-refractivity contribution in [2.75, 3.05) is 5.32 Å². The third kappa shape index (κ3) is 3.06. The number of oxazole rings is 1. The largest absolute Gasteiger partial charge is 0.417 e. The highest BCUT2D eigenvalue weighted by Crippen LogP contribution is 2.38. The number of aromatic amines is 1. The van der Waals surface area contributed by atoms with E-state index in [4.69, 9.17) is 4.42 Å². The van der Waals surface area contributed by atoms with Crippen LogP contribution in [0.25, 0.3) is 11.1 Å². The molecule has 0 aliphatic heterocycles. The second kappa shape index (κ2) is 5.13. The van der Waals surface area contributed by atoms with E-state index >= 15 is 0 Å². The third-order valence-electron chi connectivity index (χ3n) is 3.93. The van der Waals surface area contributed by atoms with Gasteiger partial charge >= 0.3 is 11.9 Å². The quantitative estimate of drug-likeness (QED) is 0.890. The first-order valence-corrected chi connectivity index (χ1v) is 6.88. The van der Waals surface area contributed by atoms with Gasteiger partial charge in [0.15, 0.2) is 5.58 Å². The Morgan fingerprint density at radius 2 is 2.10 bits per heavy atom. The van der Waals surface area contributed by atoms with E-state index in [1.165, 1.54) is 0 Å². The molecular weight excluding hydrogens is 285 g/mol. The van der Waals surface area contributed by atoms with Crippen molar-refractivity contribution in [1.29, 1.82) is 0 Å². The van der Waals surface area contributed by atoms with E-state index in [2.05, 4.69) is 10.3 Å². The van der Waals surface area contributed by atoms with Crippen LogP contribution in [0.2, 0.25) is 0 Å². The van der Waals surface area contributed by atoms with Crippen LogP contribution in [0.15, 0.2) is 27.4 Å². The molecule has 1 fully saturated rings. The van der Waals surface area contributed by atoms with Crippen LogP contribution < -0.4 is 11.1 Å². The van der Waals surface area contributed by atoms with Gasteiger partial charge in [-0.05, 0) is 37.5 Å². The minimum absolute atomic E-state index is 0.0867. The Balaban J connectivity index is 1.73.